The molecular formula is C6H12N4O2. The molecular weight excluding hydrogens is 160 g/mol. The summed E-state index contributed by atoms with van der Waals surface area (Å²) < 4.78 is 0. The molecule has 0 amide bonds. The Morgan fingerprint density at radius 2 is 2.17 bits per heavy atom. The number of aliphatic carboxylic acids is 1. The molecule has 12 heavy (non-hydrogen) atoms. The molecule has 0 unspecified atom stereocenters. The monoisotopic (exact) mass is 172 g/mol. The minimum Gasteiger partial charge on any atom is -0.480 e. The second-order valence-electron chi connectivity index (χ2n) is 3.12. The van der Waals surface area contributed by atoms with Gasteiger partial charge in [-0.1, -0.05) is 0 Å². The highest BCUT2D eigenvalue weighted by Crippen LogP contribution is 2.29. The molecule has 0 aromatic carbocycles. The number of hydrogen-bond donors (Lipinski definition) is 5. The second kappa shape index (κ2) is 2.63. The van der Waals surface area contributed by atoms with E-state index in [0.29, 0.717) is 12.8 Å². The van der Waals surface area contributed by atoms with Crippen molar-refractivity contribution in [3.05, 3.63) is 0 Å². The van der Waals surface area contributed by atoms with Crippen molar-refractivity contribution >= 4 is 11.9 Å². The Kier molecular flexibility index (Phi) is 1.93. The molecule has 6 nitrogen and oxygen atoms in total. The number of rotatable bonds is 2. The first-order valence-corrected chi connectivity index (χ1v) is 3.57. The van der Waals surface area contributed by atoms with E-state index in [2.05, 4.69) is 5.32 Å². The van der Waals surface area contributed by atoms with Crippen LogP contribution >= 0.6 is 0 Å². The van der Waals surface area contributed by atoms with E-state index in [1.807, 2.05) is 0 Å². The van der Waals surface area contributed by atoms with Gasteiger partial charge in [0.25, 0.3) is 0 Å². The Balaban J connectivity index is 2.37. The number of nitrogens with one attached hydrogen (secondary N) is 2. The Hall–Kier alpha value is -1.30. The van der Waals surface area contributed by atoms with Gasteiger partial charge in [0, 0.05) is 6.04 Å². The molecule has 1 aliphatic carbocycles. The predicted octanol–water partition coefficient (Wildman–Crippen LogP) is -1.59. The van der Waals surface area contributed by atoms with Crippen molar-refractivity contribution in [3.63, 3.8) is 0 Å². The molecule has 0 aromatic rings. The number of hydrogen-bond acceptors (Lipinski definition) is 3. The van der Waals surface area contributed by atoms with Crippen LogP contribution in [0.15, 0.2) is 0 Å². The summed E-state index contributed by atoms with van der Waals surface area (Å²) in [4.78, 5) is 10.5. The van der Waals surface area contributed by atoms with Gasteiger partial charge in [-0.2, -0.15) is 0 Å². The van der Waals surface area contributed by atoms with E-state index in [-0.39, 0.29) is 12.0 Å². The van der Waals surface area contributed by atoms with Crippen molar-refractivity contribution in [1.82, 2.24) is 5.32 Å². The van der Waals surface area contributed by atoms with Gasteiger partial charge in [-0.25, -0.2) is 0 Å². The van der Waals surface area contributed by atoms with Crippen LogP contribution < -0.4 is 16.8 Å². The number of carboxylic acids is 1. The van der Waals surface area contributed by atoms with Crippen LogP contribution in [0.25, 0.3) is 0 Å². The van der Waals surface area contributed by atoms with Gasteiger partial charge in [0.1, 0.15) is 5.54 Å². The van der Waals surface area contributed by atoms with Crippen molar-refractivity contribution in [2.75, 3.05) is 0 Å². The zero-order valence-corrected chi connectivity index (χ0v) is 6.50. The van der Waals surface area contributed by atoms with Crippen molar-refractivity contribution < 1.29 is 9.90 Å². The maximum atomic E-state index is 10.5. The minimum atomic E-state index is -1.12. The fraction of sp³-hybridized carbons (Fsp3) is 0.667. The average Bonchev–Trinajstić information content (AvgIpc) is 1.82. The van der Waals surface area contributed by atoms with Crippen LogP contribution in [0, 0.1) is 5.41 Å². The van der Waals surface area contributed by atoms with Crippen LogP contribution in [-0.2, 0) is 4.79 Å². The van der Waals surface area contributed by atoms with E-state index in [0.717, 1.165) is 0 Å². The summed E-state index contributed by atoms with van der Waals surface area (Å²) in [7, 11) is 0. The molecule has 6 heteroatoms. The lowest BCUT2D eigenvalue weighted by atomic mass is 9.73. The first-order chi connectivity index (χ1) is 5.44. The topological polar surface area (TPSA) is 125 Å². The van der Waals surface area contributed by atoms with Gasteiger partial charge in [0.2, 0.25) is 0 Å². The van der Waals surface area contributed by atoms with Crippen molar-refractivity contribution in [3.8, 4) is 0 Å². The number of carboxylic acid groups (broad SMARTS) is 1. The molecule has 1 saturated carbocycles. The lowest BCUT2D eigenvalue weighted by Crippen LogP contribution is -2.65. The predicted molar refractivity (Wildman–Crippen MR) is 42.6 cm³/mol. The molecule has 0 aromatic heterocycles. The molecule has 0 aliphatic heterocycles. The molecule has 0 heterocycles. The summed E-state index contributed by atoms with van der Waals surface area (Å²) in [5, 5.41) is 18.1. The zero-order valence-electron chi connectivity index (χ0n) is 6.50. The molecule has 0 bridgehead atoms. The van der Waals surface area contributed by atoms with E-state index in [1.165, 1.54) is 0 Å². The van der Waals surface area contributed by atoms with Gasteiger partial charge >= 0.3 is 5.97 Å². The lowest BCUT2D eigenvalue weighted by molar-refractivity contribution is -0.147. The van der Waals surface area contributed by atoms with Gasteiger partial charge in [0.15, 0.2) is 5.96 Å². The van der Waals surface area contributed by atoms with Gasteiger partial charge in [-0.05, 0) is 12.8 Å². The third-order valence-corrected chi connectivity index (χ3v) is 2.01. The quantitative estimate of drug-likeness (QED) is 0.254. The fourth-order valence-electron chi connectivity index (χ4n) is 1.32. The van der Waals surface area contributed by atoms with Gasteiger partial charge in [-0.15, -0.1) is 0 Å². The SMILES string of the molecule is N=C(N)NC1CC(N)(C(=O)O)C1. The maximum Gasteiger partial charge on any atom is 0.323 e. The molecule has 1 aliphatic rings. The summed E-state index contributed by atoms with van der Waals surface area (Å²) in [6.45, 7) is 0. The van der Waals surface area contributed by atoms with Crippen molar-refractivity contribution in [2.45, 2.75) is 24.4 Å². The van der Waals surface area contributed by atoms with E-state index in [9.17, 15) is 4.79 Å². The van der Waals surface area contributed by atoms with Crippen LogP contribution in [0.5, 0.6) is 0 Å². The standard InChI is InChI=1S/C6H12N4O2/c7-5(8)10-3-1-6(9,2-3)4(11)12/h3H,1-2,9H2,(H,11,12)(H4,7,8,10). The van der Waals surface area contributed by atoms with Crippen molar-refractivity contribution in [1.29, 1.82) is 5.41 Å². The van der Waals surface area contributed by atoms with Gasteiger partial charge in [-0.3, -0.25) is 10.2 Å². The molecule has 0 atom stereocenters. The highest BCUT2D eigenvalue weighted by molar-refractivity contribution is 5.81. The highest BCUT2D eigenvalue weighted by atomic mass is 16.4. The molecule has 1 fully saturated rings. The molecule has 0 radical (unpaired) electrons. The molecule has 1 rings (SSSR count). The maximum absolute atomic E-state index is 10.5. The lowest BCUT2D eigenvalue weighted by Gasteiger charge is -2.41. The van der Waals surface area contributed by atoms with Gasteiger partial charge < -0.3 is 21.9 Å². The van der Waals surface area contributed by atoms with Crippen molar-refractivity contribution in [2.24, 2.45) is 11.5 Å². The third kappa shape index (κ3) is 1.48. The van der Waals surface area contributed by atoms with Crippen LogP contribution in [-0.4, -0.2) is 28.6 Å². The fourth-order valence-corrected chi connectivity index (χ4v) is 1.32. The van der Waals surface area contributed by atoms with E-state index in [4.69, 9.17) is 22.0 Å². The molecule has 0 saturated heterocycles. The van der Waals surface area contributed by atoms with Gasteiger partial charge in [0.05, 0.1) is 0 Å². The first-order valence-electron chi connectivity index (χ1n) is 3.57. The highest BCUT2D eigenvalue weighted by Gasteiger charge is 2.47. The number of guanidine groups is 1. The third-order valence-electron chi connectivity index (χ3n) is 2.01. The largest absolute Gasteiger partial charge is 0.480 e. The Morgan fingerprint density at radius 3 is 2.50 bits per heavy atom. The summed E-state index contributed by atoms with van der Waals surface area (Å²) in [5.41, 5.74) is 9.39. The molecule has 7 N–H and O–H groups in total. The Morgan fingerprint density at radius 1 is 1.67 bits per heavy atom. The zero-order chi connectivity index (χ0) is 9.35. The van der Waals surface area contributed by atoms with Crippen LogP contribution in [0.1, 0.15) is 12.8 Å². The normalized spacial score (nSPS) is 33.6. The number of carbonyl (C=O) groups is 1. The van der Waals surface area contributed by atoms with Crippen LogP contribution in [0.3, 0.4) is 0 Å². The summed E-state index contributed by atoms with van der Waals surface area (Å²) in [6.07, 6.45) is 0.643. The molecule has 0 spiro atoms. The summed E-state index contributed by atoms with van der Waals surface area (Å²) >= 11 is 0. The van der Waals surface area contributed by atoms with E-state index in [1.54, 1.807) is 0 Å². The minimum absolute atomic E-state index is 0.0661. The number of nitrogens with two attached hydrogens (primary N) is 2. The average molecular weight is 172 g/mol. The summed E-state index contributed by atoms with van der Waals surface area (Å²) in [6, 6.07) is -0.0661. The first kappa shape index (κ1) is 8.79. The van der Waals surface area contributed by atoms with E-state index < -0.39 is 11.5 Å². The molecule has 68 valence electrons. The second-order valence-corrected chi connectivity index (χ2v) is 3.12. The smallest absolute Gasteiger partial charge is 0.323 e. The Labute approximate surface area is 69.4 Å². The Bertz CT molecular complexity index is 222. The van der Waals surface area contributed by atoms with Crippen LogP contribution in [0.2, 0.25) is 0 Å². The van der Waals surface area contributed by atoms with E-state index >= 15 is 0 Å². The van der Waals surface area contributed by atoms with Crippen LogP contribution in [0.4, 0.5) is 0 Å². The summed E-state index contributed by atoms with van der Waals surface area (Å²) in [5.74, 6) is -1.14.